The number of rotatable bonds is 1. The van der Waals surface area contributed by atoms with Crippen molar-refractivity contribution in [3.8, 4) is 0 Å². The SMILES string of the molecule is CC(=NO)c1ccncc1. The Balaban J connectivity index is 2.96. The van der Waals surface area contributed by atoms with Crippen molar-refractivity contribution in [2.75, 3.05) is 0 Å². The minimum Gasteiger partial charge on any atom is -0.411 e. The summed E-state index contributed by atoms with van der Waals surface area (Å²) in [6.07, 6.45) is 3.31. The molecule has 0 amide bonds. The van der Waals surface area contributed by atoms with E-state index in [2.05, 4.69) is 10.1 Å². The van der Waals surface area contributed by atoms with Gasteiger partial charge in [0, 0.05) is 18.0 Å². The summed E-state index contributed by atoms with van der Waals surface area (Å²) in [5.74, 6) is 0. The summed E-state index contributed by atoms with van der Waals surface area (Å²) in [5, 5.41) is 11.4. The third-order valence-electron chi connectivity index (χ3n) is 1.25. The molecule has 0 saturated carbocycles. The van der Waals surface area contributed by atoms with Crippen LogP contribution in [-0.2, 0) is 0 Å². The zero-order valence-corrected chi connectivity index (χ0v) is 5.65. The molecule has 1 rings (SSSR count). The number of pyridine rings is 1. The Kier molecular flexibility index (Phi) is 1.99. The summed E-state index contributed by atoms with van der Waals surface area (Å²) in [7, 11) is 0. The van der Waals surface area contributed by atoms with Gasteiger partial charge in [0.25, 0.3) is 0 Å². The molecule has 3 heteroatoms. The predicted octanol–water partition coefficient (Wildman–Crippen LogP) is 1.28. The molecule has 0 radical (unpaired) electrons. The third kappa shape index (κ3) is 1.31. The van der Waals surface area contributed by atoms with Crippen LogP contribution >= 0.6 is 0 Å². The van der Waals surface area contributed by atoms with E-state index in [-0.39, 0.29) is 0 Å². The van der Waals surface area contributed by atoms with Crippen molar-refractivity contribution >= 4 is 5.71 Å². The van der Waals surface area contributed by atoms with Gasteiger partial charge in [-0.3, -0.25) is 4.98 Å². The molecule has 0 bridgehead atoms. The van der Waals surface area contributed by atoms with Crippen LogP contribution in [0.1, 0.15) is 12.5 Å². The lowest BCUT2D eigenvalue weighted by Gasteiger charge is -1.93. The number of nitrogens with zero attached hydrogens (tertiary/aromatic N) is 2. The second-order valence-corrected chi connectivity index (χ2v) is 1.92. The van der Waals surface area contributed by atoms with Crippen LogP contribution in [0, 0.1) is 0 Å². The molecule has 52 valence electrons. The van der Waals surface area contributed by atoms with E-state index in [1.165, 1.54) is 0 Å². The second kappa shape index (κ2) is 2.96. The molecule has 0 spiro atoms. The highest BCUT2D eigenvalue weighted by molar-refractivity contribution is 5.97. The van der Waals surface area contributed by atoms with Gasteiger partial charge in [-0.25, -0.2) is 0 Å². The molecule has 1 aromatic rings. The van der Waals surface area contributed by atoms with Crippen LogP contribution in [0.15, 0.2) is 29.7 Å². The number of hydrogen-bond acceptors (Lipinski definition) is 3. The molecular formula is C7H8N2O. The van der Waals surface area contributed by atoms with Crippen molar-refractivity contribution in [1.29, 1.82) is 0 Å². The molecule has 0 aliphatic carbocycles. The van der Waals surface area contributed by atoms with Crippen molar-refractivity contribution in [2.45, 2.75) is 6.92 Å². The van der Waals surface area contributed by atoms with Gasteiger partial charge in [-0.05, 0) is 19.1 Å². The minimum absolute atomic E-state index is 0.599. The van der Waals surface area contributed by atoms with E-state index < -0.39 is 0 Å². The molecule has 1 heterocycles. The Morgan fingerprint density at radius 3 is 2.60 bits per heavy atom. The summed E-state index contributed by atoms with van der Waals surface area (Å²) < 4.78 is 0. The summed E-state index contributed by atoms with van der Waals surface area (Å²) in [4.78, 5) is 3.83. The molecule has 3 nitrogen and oxygen atoms in total. The topological polar surface area (TPSA) is 45.5 Å². The Morgan fingerprint density at radius 2 is 2.10 bits per heavy atom. The van der Waals surface area contributed by atoms with E-state index >= 15 is 0 Å². The van der Waals surface area contributed by atoms with Crippen molar-refractivity contribution in [3.63, 3.8) is 0 Å². The van der Waals surface area contributed by atoms with Gasteiger partial charge in [0.15, 0.2) is 0 Å². The van der Waals surface area contributed by atoms with E-state index in [0.29, 0.717) is 5.71 Å². The maximum Gasteiger partial charge on any atom is 0.0838 e. The lowest BCUT2D eigenvalue weighted by atomic mass is 10.2. The molecule has 1 N–H and O–H groups in total. The first-order valence-electron chi connectivity index (χ1n) is 2.93. The molecule has 0 saturated heterocycles. The van der Waals surface area contributed by atoms with Gasteiger partial charge in [0.05, 0.1) is 5.71 Å². The predicted molar refractivity (Wildman–Crippen MR) is 38.2 cm³/mol. The van der Waals surface area contributed by atoms with Crippen LogP contribution in [0.4, 0.5) is 0 Å². The van der Waals surface area contributed by atoms with Crippen LogP contribution in [-0.4, -0.2) is 15.9 Å². The molecule has 0 fully saturated rings. The van der Waals surface area contributed by atoms with Gasteiger partial charge < -0.3 is 5.21 Å². The molecule has 0 aliphatic rings. The zero-order chi connectivity index (χ0) is 7.40. The van der Waals surface area contributed by atoms with Crippen molar-refractivity contribution in [1.82, 2.24) is 4.98 Å². The fourth-order valence-corrected chi connectivity index (χ4v) is 0.651. The van der Waals surface area contributed by atoms with Gasteiger partial charge in [-0.15, -0.1) is 0 Å². The Hall–Kier alpha value is -1.38. The van der Waals surface area contributed by atoms with Crippen LogP contribution in [0.25, 0.3) is 0 Å². The van der Waals surface area contributed by atoms with Gasteiger partial charge in [-0.1, -0.05) is 5.16 Å². The fourth-order valence-electron chi connectivity index (χ4n) is 0.651. The first kappa shape index (κ1) is 6.74. The Morgan fingerprint density at radius 1 is 1.50 bits per heavy atom. The van der Waals surface area contributed by atoms with Crippen molar-refractivity contribution in [2.24, 2.45) is 5.16 Å². The van der Waals surface area contributed by atoms with Crippen LogP contribution < -0.4 is 0 Å². The second-order valence-electron chi connectivity index (χ2n) is 1.92. The maximum absolute atomic E-state index is 8.36. The van der Waals surface area contributed by atoms with Gasteiger partial charge in [0.2, 0.25) is 0 Å². The number of aromatic nitrogens is 1. The molecule has 0 atom stereocenters. The molecule has 0 aromatic carbocycles. The smallest absolute Gasteiger partial charge is 0.0838 e. The standard InChI is InChI=1S/C7H8N2O/c1-6(9-10)7-2-4-8-5-3-7/h2-5,10H,1H3. The fraction of sp³-hybridized carbons (Fsp3) is 0.143. The summed E-state index contributed by atoms with van der Waals surface area (Å²) in [6.45, 7) is 1.73. The molecule has 0 unspecified atom stereocenters. The number of oxime groups is 1. The van der Waals surface area contributed by atoms with Crippen molar-refractivity contribution < 1.29 is 5.21 Å². The zero-order valence-electron chi connectivity index (χ0n) is 5.65. The van der Waals surface area contributed by atoms with Crippen molar-refractivity contribution in [3.05, 3.63) is 30.1 Å². The highest BCUT2D eigenvalue weighted by atomic mass is 16.4. The third-order valence-corrected chi connectivity index (χ3v) is 1.25. The Bertz CT molecular complexity index is 231. The largest absolute Gasteiger partial charge is 0.411 e. The normalized spacial score (nSPS) is 11.5. The molecule has 1 aromatic heterocycles. The van der Waals surface area contributed by atoms with Crippen LogP contribution in [0.3, 0.4) is 0 Å². The van der Waals surface area contributed by atoms with E-state index in [1.54, 1.807) is 31.5 Å². The lowest BCUT2D eigenvalue weighted by molar-refractivity contribution is 0.319. The first-order chi connectivity index (χ1) is 4.84. The van der Waals surface area contributed by atoms with Crippen LogP contribution in [0.5, 0.6) is 0 Å². The summed E-state index contributed by atoms with van der Waals surface area (Å²) >= 11 is 0. The van der Waals surface area contributed by atoms with E-state index in [9.17, 15) is 0 Å². The minimum atomic E-state index is 0.599. The van der Waals surface area contributed by atoms with Gasteiger partial charge in [-0.2, -0.15) is 0 Å². The highest BCUT2D eigenvalue weighted by Crippen LogP contribution is 1.97. The van der Waals surface area contributed by atoms with E-state index in [0.717, 1.165) is 5.56 Å². The van der Waals surface area contributed by atoms with Crippen LogP contribution in [0.2, 0.25) is 0 Å². The molecule has 0 aliphatic heterocycles. The molecule has 10 heavy (non-hydrogen) atoms. The first-order valence-corrected chi connectivity index (χ1v) is 2.93. The number of hydrogen-bond donors (Lipinski definition) is 1. The Labute approximate surface area is 59.0 Å². The molecular weight excluding hydrogens is 128 g/mol. The average molecular weight is 136 g/mol. The monoisotopic (exact) mass is 136 g/mol. The lowest BCUT2D eigenvalue weighted by Crippen LogP contribution is -1.93. The maximum atomic E-state index is 8.36. The summed E-state index contributed by atoms with van der Waals surface area (Å²) in [6, 6.07) is 3.57. The summed E-state index contributed by atoms with van der Waals surface area (Å²) in [5.41, 5.74) is 1.49. The highest BCUT2D eigenvalue weighted by Gasteiger charge is 1.93. The van der Waals surface area contributed by atoms with Gasteiger partial charge >= 0.3 is 0 Å². The average Bonchev–Trinajstić information content (AvgIpc) is 2.05. The van der Waals surface area contributed by atoms with Gasteiger partial charge in [0.1, 0.15) is 0 Å². The van der Waals surface area contributed by atoms with E-state index in [1.807, 2.05) is 0 Å². The van der Waals surface area contributed by atoms with E-state index in [4.69, 9.17) is 5.21 Å². The quantitative estimate of drug-likeness (QED) is 0.359.